The monoisotopic (exact) mass is 347 g/mol. The summed E-state index contributed by atoms with van der Waals surface area (Å²) < 4.78 is 2.59. The molecule has 1 aromatic carbocycles. The Morgan fingerprint density at radius 3 is 2.65 bits per heavy atom. The molecule has 0 amide bonds. The first-order chi connectivity index (χ1) is 12.5. The number of nitrogens with zero attached hydrogens (tertiary/aromatic N) is 3. The van der Waals surface area contributed by atoms with Crippen molar-refractivity contribution in [2.75, 3.05) is 20.1 Å². The van der Waals surface area contributed by atoms with Gasteiger partial charge in [0.1, 0.15) is 0 Å². The lowest BCUT2D eigenvalue weighted by Crippen LogP contribution is -2.21. The van der Waals surface area contributed by atoms with Gasteiger partial charge < -0.3 is 9.47 Å². The van der Waals surface area contributed by atoms with Crippen LogP contribution in [0.5, 0.6) is 0 Å². The zero-order chi connectivity index (χ0) is 18.3. The van der Waals surface area contributed by atoms with Gasteiger partial charge in [0.15, 0.2) is 0 Å². The third-order valence-corrected chi connectivity index (χ3v) is 5.88. The number of aryl methyl sites for hydroxylation is 5. The second-order valence-electron chi connectivity index (χ2n) is 7.90. The van der Waals surface area contributed by atoms with E-state index in [0.29, 0.717) is 0 Å². The quantitative estimate of drug-likeness (QED) is 0.707. The normalized spacial score (nSPS) is 15.2. The summed E-state index contributed by atoms with van der Waals surface area (Å²) in [6.45, 7) is 9.80. The molecule has 0 bridgehead atoms. The van der Waals surface area contributed by atoms with E-state index in [2.05, 4.69) is 72.7 Å². The summed E-state index contributed by atoms with van der Waals surface area (Å²) in [5.41, 5.74) is 9.71. The third-order valence-electron chi connectivity index (χ3n) is 5.88. The Morgan fingerprint density at radius 1 is 1.04 bits per heavy atom. The van der Waals surface area contributed by atoms with Gasteiger partial charge >= 0.3 is 0 Å². The Balaban J connectivity index is 1.74. The lowest BCUT2D eigenvalue weighted by Gasteiger charge is -2.14. The van der Waals surface area contributed by atoms with Crippen molar-refractivity contribution in [2.45, 2.75) is 46.6 Å². The van der Waals surface area contributed by atoms with Crippen LogP contribution in [0.25, 0.3) is 10.9 Å². The van der Waals surface area contributed by atoms with Gasteiger partial charge in [0.25, 0.3) is 0 Å². The Kier molecular flexibility index (Phi) is 4.58. The van der Waals surface area contributed by atoms with Crippen LogP contribution in [-0.2, 0) is 25.8 Å². The van der Waals surface area contributed by atoms with Crippen molar-refractivity contribution in [3.63, 3.8) is 0 Å². The highest BCUT2D eigenvalue weighted by molar-refractivity contribution is 5.86. The largest absolute Gasteiger partial charge is 0.344 e. The molecule has 2 aromatic heterocycles. The van der Waals surface area contributed by atoms with Crippen LogP contribution in [0.4, 0.5) is 0 Å². The number of likely N-dealkylation sites (N-methyl/N-ethyl adjacent to an activating group) is 1. The van der Waals surface area contributed by atoms with E-state index in [1.165, 1.54) is 27.6 Å². The van der Waals surface area contributed by atoms with Crippen LogP contribution in [-0.4, -0.2) is 34.6 Å². The molecule has 3 heterocycles. The molecule has 1 aliphatic rings. The highest BCUT2D eigenvalue weighted by Crippen LogP contribution is 2.30. The van der Waals surface area contributed by atoms with Crippen LogP contribution in [0.2, 0.25) is 0 Å². The molecule has 26 heavy (non-hydrogen) atoms. The fourth-order valence-corrected chi connectivity index (χ4v) is 4.34. The highest BCUT2D eigenvalue weighted by atomic mass is 15.1. The molecule has 0 spiro atoms. The fourth-order valence-electron chi connectivity index (χ4n) is 4.34. The summed E-state index contributed by atoms with van der Waals surface area (Å²) in [6.07, 6.45) is 5.40. The molecule has 0 fully saturated rings. The van der Waals surface area contributed by atoms with Gasteiger partial charge in [-0.05, 0) is 75.5 Å². The first-order valence-corrected chi connectivity index (χ1v) is 9.74. The SMILES string of the molecule is Cc1ccc2c(c1)c1c(n2CCc2cnc(C)cc2C)CCN(C)CC1. The van der Waals surface area contributed by atoms with Gasteiger partial charge in [-0.15, -0.1) is 0 Å². The Hall–Kier alpha value is -2.13. The molecule has 0 unspecified atom stereocenters. The number of rotatable bonds is 3. The van der Waals surface area contributed by atoms with Gasteiger partial charge in [-0.25, -0.2) is 0 Å². The Bertz CT molecular complexity index is 952. The van der Waals surface area contributed by atoms with Crippen molar-refractivity contribution in [2.24, 2.45) is 0 Å². The van der Waals surface area contributed by atoms with Crippen molar-refractivity contribution in [3.8, 4) is 0 Å². The van der Waals surface area contributed by atoms with Gasteiger partial charge in [-0.1, -0.05) is 11.6 Å². The van der Waals surface area contributed by atoms with Crippen molar-refractivity contribution in [1.82, 2.24) is 14.5 Å². The van der Waals surface area contributed by atoms with Gasteiger partial charge in [0.2, 0.25) is 0 Å². The van der Waals surface area contributed by atoms with E-state index in [9.17, 15) is 0 Å². The number of aromatic nitrogens is 2. The summed E-state index contributed by atoms with van der Waals surface area (Å²) in [6, 6.07) is 9.16. The maximum Gasteiger partial charge on any atom is 0.0485 e. The van der Waals surface area contributed by atoms with E-state index in [1.807, 2.05) is 0 Å². The molecule has 3 heteroatoms. The topological polar surface area (TPSA) is 21.1 Å². The van der Waals surface area contributed by atoms with Crippen LogP contribution < -0.4 is 0 Å². The van der Waals surface area contributed by atoms with Gasteiger partial charge in [-0.3, -0.25) is 4.98 Å². The first-order valence-electron chi connectivity index (χ1n) is 9.74. The minimum absolute atomic E-state index is 1.03. The first kappa shape index (κ1) is 17.3. The molecule has 0 saturated carbocycles. The molecule has 3 nitrogen and oxygen atoms in total. The number of fused-ring (bicyclic) bond motifs is 3. The van der Waals surface area contributed by atoms with Crippen molar-refractivity contribution in [1.29, 1.82) is 0 Å². The molecule has 0 aliphatic carbocycles. The lowest BCUT2D eigenvalue weighted by molar-refractivity contribution is 0.351. The number of hydrogen-bond acceptors (Lipinski definition) is 2. The maximum atomic E-state index is 4.51. The summed E-state index contributed by atoms with van der Waals surface area (Å²) in [5, 5.41) is 1.47. The van der Waals surface area contributed by atoms with E-state index in [1.54, 1.807) is 11.3 Å². The molecule has 0 radical (unpaired) electrons. The van der Waals surface area contributed by atoms with Crippen LogP contribution in [0.1, 0.15) is 33.6 Å². The average molecular weight is 348 g/mol. The molecule has 1 aliphatic heterocycles. The fraction of sp³-hybridized carbons (Fsp3) is 0.435. The maximum absolute atomic E-state index is 4.51. The summed E-state index contributed by atoms with van der Waals surface area (Å²) in [4.78, 5) is 6.97. The van der Waals surface area contributed by atoms with Crippen LogP contribution >= 0.6 is 0 Å². The zero-order valence-electron chi connectivity index (χ0n) is 16.5. The molecule has 0 saturated heterocycles. The number of benzene rings is 1. The van der Waals surface area contributed by atoms with E-state index in [-0.39, 0.29) is 0 Å². The predicted octanol–water partition coefficient (Wildman–Crippen LogP) is 4.23. The summed E-state index contributed by atoms with van der Waals surface area (Å²) >= 11 is 0. The van der Waals surface area contributed by atoms with Crippen LogP contribution in [0, 0.1) is 20.8 Å². The van der Waals surface area contributed by atoms with Crippen molar-refractivity contribution in [3.05, 3.63) is 64.1 Å². The lowest BCUT2D eigenvalue weighted by atomic mass is 10.1. The van der Waals surface area contributed by atoms with Crippen LogP contribution in [0.15, 0.2) is 30.5 Å². The van der Waals surface area contributed by atoms with E-state index in [0.717, 1.165) is 44.6 Å². The summed E-state index contributed by atoms with van der Waals surface area (Å²) in [5.74, 6) is 0. The van der Waals surface area contributed by atoms with Gasteiger partial charge in [0.05, 0.1) is 0 Å². The van der Waals surface area contributed by atoms with Crippen molar-refractivity contribution < 1.29 is 0 Å². The summed E-state index contributed by atoms with van der Waals surface area (Å²) in [7, 11) is 2.24. The smallest absolute Gasteiger partial charge is 0.0485 e. The van der Waals surface area contributed by atoms with Crippen LogP contribution in [0.3, 0.4) is 0 Å². The second-order valence-corrected chi connectivity index (χ2v) is 7.90. The minimum atomic E-state index is 1.03. The average Bonchev–Trinajstić information content (AvgIpc) is 2.74. The molecule has 3 aromatic rings. The molecular formula is C23H29N3. The molecule has 0 atom stereocenters. The molecule has 4 rings (SSSR count). The minimum Gasteiger partial charge on any atom is -0.344 e. The molecule has 0 N–H and O–H groups in total. The number of hydrogen-bond donors (Lipinski definition) is 0. The standard InChI is InChI=1S/C23H29N3/c1-16-5-6-22-21(13-16)20-8-10-25(4)11-9-23(20)26(22)12-7-19-15-24-18(3)14-17(19)2/h5-6,13-15H,7-12H2,1-4H3. The van der Waals surface area contributed by atoms with E-state index < -0.39 is 0 Å². The second kappa shape index (κ2) is 6.88. The highest BCUT2D eigenvalue weighted by Gasteiger charge is 2.20. The van der Waals surface area contributed by atoms with E-state index >= 15 is 0 Å². The third kappa shape index (κ3) is 3.16. The molecule has 136 valence electrons. The van der Waals surface area contributed by atoms with E-state index in [4.69, 9.17) is 0 Å². The van der Waals surface area contributed by atoms with Gasteiger partial charge in [-0.2, -0.15) is 0 Å². The Morgan fingerprint density at radius 2 is 1.85 bits per heavy atom. The predicted molar refractivity (Wildman–Crippen MR) is 109 cm³/mol. The van der Waals surface area contributed by atoms with Gasteiger partial charge in [0, 0.05) is 54.5 Å². The molecular weight excluding hydrogens is 318 g/mol. The van der Waals surface area contributed by atoms with Crippen molar-refractivity contribution >= 4 is 10.9 Å². The Labute approximate surface area is 156 Å². The number of pyridine rings is 1. The zero-order valence-corrected chi connectivity index (χ0v) is 16.5.